The van der Waals surface area contributed by atoms with Crippen molar-refractivity contribution in [3.8, 4) is 11.5 Å². The first-order chi connectivity index (χ1) is 24.1. The second-order valence-corrected chi connectivity index (χ2v) is 11.2. The molecular formula is C35H32F4N6O5. The van der Waals surface area contributed by atoms with Gasteiger partial charge in [0.2, 0.25) is 5.90 Å². The van der Waals surface area contributed by atoms with E-state index in [1.807, 2.05) is 0 Å². The molecule has 2 atom stereocenters. The molecular weight excluding hydrogens is 660 g/mol. The van der Waals surface area contributed by atoms with E-state index in [-0.39, 0.29) is 36.7 Å². The second-order valence-electron chi connectivity index (χ2n) is 11.2. The Hall–Kier alpha value is -5.63. The van der Waals surface area contributed by atoms with Gasteiger partial charge in [0.1, 0.15) is 17.3 Å². The fourth-order valence-electron chi connectivity index (χ4n) is 5.43. The number of halogens is 4. The van der Waals surface area contributed by atoms with Crippen LogP contribution < -0.4 is 20.3 Å². The summed E-state index contributed by atoms with van der Waals surface area (Å²) in [6.07, 6.45) is -5.57. The number of methoxy groups -OCH3 is 1. The highest BCUT2D eigenvalue weighted by molar-refractivity contribution is 6.01. The zero-order chi connectivity index (χ0) is 35.7. The number of hydrogen-bond donors (Lipinski definition) is 3. The summed E-state index contributed by atoms with van der Waals surface area (Å²) in [6.45, 7) is -0.0801. The van der Waals surface area contributed by atoms with Crippen molar-refractivity contribution in [2.75, 3.05) is 20.3 Å². The number of azide groups is 1. The van der Waals surface area contributed by atoms with Crippen molar-refractivity contribution in [2.24, 2.45) is 10.1 Å². The summed E-state index contributed by atoms with van der Waals surface area (Å²) in [4.78, 5) is 22.2. The number of aliphatic hydroxyl groups is 1. The molecule has 0 unspecified atom stereocenters. The Balaban J connectivity index is 1.56. The smallest absolute Gasteiger partial charge is 0.416 e. The van der Waals surface area contributed by atoms with Crippen molar-refractivity contribution in [1.29, 1.82) is 0 Å². The number of aliphatic imine (C=N–C) groups is 1. The lowest BCUT2D eigenvalue weighted by molar-refractivity contribution is -0.138. The minimum atomic E-state index is -4.77. The monoisotopic (exact) mass is 692 g/mol. The van der Waals surface area contributed by atoms with E-state index in [9.17, 15) is 27.9 Å². The number of amides is 1. The Kier molecular flexibility index (Phi) is 11.2. The second kappa shape index (κ2) is 15.7. The largest absolute Gasteiger partial charge is 0.497 e. The van der Waals surface area contributed by atoms with E-state index in [4.69, 9.17) is 24.3 Å². The molecule has 4 aromatic rings. The van der Waals surface area contributed by atoms with Gasteiger partial charge in [-0.3, -0.25) is 10.2 Å². The Morgan fingerprint density at radius 3 is 2.56 bits per heavy atom. The molecule has 3 N–H and O–H groups in total. The van der Waals surface area contributed by atoms with Gasteiger partial charge in [0.15, 0.2) is 11.6 Å². The zero-order valence-corrected chi connectivity index (χ0v) is 26.7. The summed E-state index contributed by atoms with van der Waals surface area (Å²) in [5.41, 5.74) is 13.1. The number of nitrogens with zero attached hydrogens (tertiary/aromatic N) is 4. The van der Waals surface area contributed by atoms with Crippen LogP contribution in [0.2, 0.25) is 0 Å². The van der Waals surface area contributed by atoms with Crippen LogP contribution in [0.3, 0.4) is 0 Å². The minimum Gasteiger partial charge on any atom is -0.497 e. The van der Waals surface area contributed by atoms with Crippen molar-refractivity contribution < 1.29 is 41.7 Å². The number of hydrogen-bond acceptors (Lipinski definition) is 8. The van der Waals surface area contributed by atoms with E-state index in [1.165, 1.54) is 7.11 Å². The number of rotatable bonds is 14. The van der Waals surface area contributed by atoms with Gasteiger partial charge in [0.25, 0.3) is 5.91 Å². The van der Waals surface area contributed by atoms with Gasteiger partial charge in [-0.2, -0.15) is 13.2 Å². The number of carbonyl (C=O) groups is 1. The van der Waals surface area contributed by atoms with E-state index in [1.54, 1.807) is 72.8 Å². The number of nitrogens with one attached hydrogen (secondary N) is 2. The highest BCUT2D eigenvalue weighted by atomic mass is 19.4. The van der Waals surface area contributed by atoms with E-state index in [2.05, 4.69) is 20.9 Å². The molecule has 1 amide bonds. The lowest BCUT2D eigenvalue weighted by atomic mass is 9.81. The van der Waals surface area contributed by atoms with Crippen molar-refractivity contribution in [1.82, 2.24) is 10.9 Å². The molecule has 0 spiro atoms. The molecule has 260 valence electrons. The number of benzene rings is 4. The van der Waals surface area contributed by atoms with Crippen molar-refractivity contribution in [3.63, 3.8) is 0 Å². The van der Waals surface area contributed by atoms with E-state index in [0.29, 0.717) is 47.3 Å². The average Bonchev–Trinajstić information content (AvgIpc) is 3.49. The summed E-state index contributed by atoms with van der Waals surface area (Å²) in [5.74, 6) is -0.732. The summed E-state index contributed by atoms with van der Waals surface area (Å²) in [5, 5.41) is 12.8. The maximum absolute atomic E-state index is 14.5. The Labute approximate surface area is 284 Å². The fraction of sp³-hybridized carbons (Fsp3) is 0.257. The van der Waals surface area contributed by atoms with Crippen molar-refractivity contribution in [3.05, 3.63) is 135 Å². The van der Waals surface area contributed by atoms with Gasteiger partial charge >= 0.3 is 6.18 Å². The molecule has 0 aliphatic carbocycles. The van der Waals surface area contributed by atoms with Crippen LogP contribution >= 0.6 is 0 Å². The molecule has 0 saturated carbocycles. The molecule has 0 bridgehead atoms. The number of hydrazine groups is 1. The van der Waals surface area contributed by atoms with Gasteiger partial charge in [-0.1, -0.05) is 41.5 Å². The molecule has 0 aromatic heterocycles. The molecule has 0 radical (unpaired) electrons. The van der Waals surface area contributed by atoms with Crippen LogP contribution in [-0.4, -0.2) is 42.8 Å². The van der Waals surface area contributed by atoms with Gasteiger partial charge in [0, 0.05) is 42.2 Å². The third kappa shape index (κ3) is 8.32. The van der Waals surface area contributed by atoms with Crippen LogP contribution in [0.15, 0.2) is 101 Å². The summed E-state index contributed by atoms with van der Waals surface area (Å²) in [6, 6.07) is 22.3. The first-order valence-electron chi connectivity index (χ1n) is 15.3. The standard InChI is InChI=1S/C35H32F4N6O5/c1-48-29-8-4-7-24(18-29)31-34(20-25-6-2-3-9-30(25)43-45-40,42-32(50-31)23-10-12-28(13-11-23)49-15-5-14-46)33(47)44-41-21-22-16-26(35(37,38)39)19-27(36)17-22/h2-4,6-13,16-19,31,41,46H,5,14-15,20-21H2,1H3,(H,44,47)/t31-,34-/m0/s1. The van der Waals surface area contributed by atoms with Crippen LogP contribution in [0.5, 0.6) is 11.5 Å². The third-order valence-corrected chi connectivity index (χ3v) is 7.81. The predicted molar refractivity (Wildman–Crippen MR) is 175 cm³/mol. The summed E-state index contributed by atoms with van der Waals surface area (Å²) in [7, 11) is 1.48. The molecule has 1 aliphatic rings. The van der Waals surface area contributed by atoms with Crippen LogP contribution in [0.4, 0.5) is 23.2 Å². The normalized spacial score (nSPS) is 16.9. The molecule has 4 aromatic carbocycles. The molecule has 11 nitrogen and oxygen atoms in total. The Morgan fingerprint density at radius 1 is 1.06 bits per heavy atom. The highest BCUT2D eigenvalue weighted by Gasteiger charge is 2.53. The summed E-state index contributed by atoms with van der Waals surface area (Å²) < 4.78 is 71.6. The van der Waals surface area contributed by atoms with Gasteiger partial charge < -0.3 is 19.3 Å². The predicted octanol–water partition coefficient (Wildman–Crippen LogP) is 6.88. The molecule has 50 heavy (non-hydrogen) atoms. The Morgan fingerprint density at radius 2 is 1.84 bits per heavy atom. The number of aliphatic hydroxyl groups excluding tert-OH is 1. The van der Waals surface area contributed by atoms with E-state index in [0.717, 1.165) is 12.1 Å². The van der Waals surface area contributed by atoms with Gasteiger partial charge in [-0.15, -0.1) is 0 Å². The van der Waals surface area contributed by atoms with Gasteiger partial charge in [-0.25, -0.2) is 14.8 Å². The van der Waals surface area contributed by atoms with Gasteiger partial charge in [0.05, 0.1) is 19.3 Å². The Bertz CT molecular complexity index is 1900. The number of ether oxygens (including phenoxy) is 3. The molecule has 5 rings (SSSR count). The number of alkyl halides is 3. The van der Waals surface area contributed by atoms with Crippen LogP contribution in [0.1, 0.15) is 40.3 Å². The SMILES string of the molecule is COc1cccc([C@@H]2OC(c3ccc(OCCCO)cc3)=N[C@]2(Cc2ccccc2N=[N+]=[N-])C(=O)NNCc2cc(F)cc(C(F)(F)F)c2)c1. The first kappa shape index (κ1) is 35.7. The minimum absolute atomic E-state index is 0.0208. The topological polar surface area (TPSA) is 150 Å². The maximum Gasteiger partial charge on any atom is 0.416 e. The number of carbonyl (C=O) groups excluding carboxylic acids is 1. The first-order valence-corrected chi connectivity index (χ1v) is 15.3. The van der Waals surface area contributed by atoms with E-state index < -0.39 is 35.1 Å². The van der Waals surface area contributed by atoms with Crippen molar-refractivity contribution in [2.45, 2.75) is 37.2 Å². The lowest BCUT2D eigenvalue weighted by Gasteiger charge is -2.31. The van der Waals surface area contributed by atoms with Crippen LogP contribution in [0.25, 0.3) is 10.4 Å². The molecule has 15 heteroatoms. The molecule has 1 heterocycles. The average molecular weight is 693 g/mol. The molecule has 0 saturated heterocycles. The quantitative estimate of drug-likeness (QED) is 0.0328. The van der Waals surface area contributed by atoms with Crippen LogP contribution in [0, 0.1) is 5.82 Å². The fourth-order valence-corrected chi connectivity index (χ4v) is 5.43. The van der Waals surface area contributed by atoms with Crippen LogP contribution in [-0.2, 0) is 28.7 Å². The molecule has 0 fully saturated rings. The maximum atomic E-state index is 14.5. The lowest BCUT2D eigenvalue weighted by Crippen LogP contribution is -2.53. The van der Waals surface area contributed by atoms with Crippen molar-refractivity contribution >= 4 is 17.5 Å². The third-order valence-electron chi connectivity index (χ3n) is 7.81. The highest BCUT2D eigenvalue weighted by Crippen LogP contribution is 2.44. The zero-order valence-electron chi connectivity index (χ0n) is 26.7. The van der Waals surface area contributed by atoms with Gasteiger partial charge in [-0.05, 0) is 76.8 Å². The van der Waals surface area contributed by atoms with E-state index >= 15 is 0 Å². The summed E-state index contributed by atoms with van der Waals surface area (Å²) >= 11 is 0. The molecule has 1 aliphatic heterocycles.